The van der Waals surface area contributed by atoms with Crippen molar-refractivity contribution in [3.05, 3.63) is 68.5 Å². The van der Waals surface area contributed by atoms with Gasteiger partial charge in [-0.1, -0.05) is 17.7 Å². The van der Waals surface area contributed by atoms with Gasteiger partial charge in [0.15, 0.2) is 0 Å². The molecule has 0 atom stereocenters. The highest BCUT2D eigenvalue weighted by Crippen LogP contribution is 2.19. The van der Waals surface area contributed by atoms with Crippen LogP contribution < -0.4 is 0 Å². The molecule has 3 heterocycles. The number of aliphatic hydroxyl groups excluding tert-OH is 1. The summed E-state index contributed by atoms with van der Waals surface area (Å²) in [4.78, 5) is 21.1. The highest BCUT2D eigenvalue weighted by atomic mass is 35.5. The van der Waals surface area contributed by atoms with Crippen molar-refractivity contribution in [1.29, 1.82) is 0 Å². The Balaban J connectivity index is 0.00000243. The molecular formula is C16H16Cl2N4O4. The molecule has 2 aromatic heterocycles. The van der Waals surface area contributed by atoms with E-state index in [0.29, 0.717) is 42.1 Å². The number of amidine groups is 1. The van der Waals surface area contributed by atoms with Crippen LogP contribution in [0.2, 0.25) is 5.15 Å². The third kappa shape index (κ3) is 4.60. The van der Waals surface area contributed by atoms with Gasteiger partial charge in [0.2, 0.25) is 5.84 Å². The number of hydrogen-bond acceptors (Lipinski definition) is 7. The fraction of sp³-hybridized carbons (Fsp3) is 0.250. The molecule has 0 bridgehead atoms. The Labute approximate surface area is 160 Å². The maximum absolute atomic E-state index is 11.5. The Hall–Kier alpha value is -2.42. The summed E-state index contributed by atoms with van der Waals surface area (Å²) in [6.45, 7) is 1.22. The van der Waals surface area contributed by atoms with Crippen LogP contribution in [0.1, 0.15) is 17.1 Å². The van der Waals surface area contributed by atoms with Gasteiger partial charge in [0.25, 0.3) is 0 Å². The second kappa shape index (κ2) is 8.79. The molecule has 1 aliphatic rings. The molecule has 0 amide bonds. The first kappa shape index (κ1) is 19.9. The van der Waals surface area contributed by atoms with Gasteiger partial charge in [-0.05, 0) is 23.8 Å². The van der Waals surface area contributed by atoms with Gasteiger partial charge in [0.1, 0.15) is 23.3 Å². The molecule has 138 valence electrons. The number of hydrogen-bond donors (Lipinski definition) is 1. The average molecular weight is 399 g/mol. The van der Waals surface area contributed by atoms with Crippen LogP contribution in [0, 0.1) is 10.1 Å². The second-order valence-corrected chi connectivity index (χ2v) is 5.75. The van der Waals surface area contributed by atoms with Crippen molar-refractivity contribution in [2.75, 3.05) is 13.1 Å². The van der Waals surface area contributed by atoms with E-state index in [0.717, 1.165) is 5.56 Å². The monoisotopic (exact) mass is 398 g/mol. The van der Waals surface area contributed by atoms with Crippen molar-refractivity contribution in [1.82, 2.24) is 9.88 Å². The number of aromatic nitrogens is 1. The quantitative estimate of drug-likeness (QED) is 0.455. The number of aliphatic imine (C=N–C) groups is 1. The standard InChI is InChI=1S/C16H15ClN4O4.ClH/c17-15-4-1-11(8-19-15)9-20-6-5-18-16(20)14(21(23)24)7-12-2-3-13(10-22)25-12;/h1-4,7-8,22H,5-6,9-10H2;1H/b14-7-;. The van der Waals surface area contributed by atoms with Gasteiger partial charge in [0, 0.05) is 19.3 Å². The van der Waals surface area contributed by atoms with E-state index >= 15 is 0 Å². The molecule has 0 unspecified atom stereocenters. The number of nitro groups is 1. The fourth-order valence-corrected chi connectivity index (χ4v) is 2.60. The Morgan fingerprint density at radius 1 is 1.42 bits per heavy atom. The molecule has 0 fully saturated rings. The highest BCUT2D eigenvalue weighted by molar-refractivity contribution is 6.29. The average Bonchev–Trinajstić information content (AvgIpc) is 3.23. The van der Waals surface area contributed by atoms with Crippen LogP contribution in [0.4, 0.5) is 0 Å². The molecule has 3 rings (SSSR count). The van der Waals surface area contributed by atoms with Gasteiger partial charge in [-0.3, -0.25) is 15.1 Å². The summed E-state index contributed by atoms with van der Waals surface area (Å²) in [5.41, 5.74) is 0.723. The summed E-state index contributed by atoms with van der Waals surface area (Å²) in [5.74, 6) is 0.923. The van der Waals surface area contributed by atoms with Crippen LogP contribution in [0.3, 0.4) is 0 Å². The zero-order valence-electron chi connectivity index (χ0n) is 13.5. The van der Waals surface area contributed by atoms with Gasteiger partial charge < -0.3 is 14.4 Å². The second-order valence-electron chi connectivity index (χ2n) is 5.36. The first-order valence-corrected chi connectivity index (χ1v) is 7.90. The van der Waals surface area contributed by atoms with Crippen LogP contribution in [-0.4, -0.2) is 38.8 Å². The molecule has 1 N–H and O–H groups in total. The first-order chi connectivity index (χ1) is 12.1. The van der Waals surface area contributed by atoms with E-state index < -0.39 is 4.92 Å². The summed E-state index contributed by atoms with van der Waals surface area (Å²) < 4.78 is 5.31. The number of pyridine rings is 1. The van der Waals surface area contributed by atoms with E-state index in [4.69, 9.17) is 21.1 Å². The topological polar surface area (TPSA) is 105 Å². The predicted octanol–water partition coefficient (Wildman–Crippen LogP) is 2.77. The van der Waals surface area contributed by atoms with Crippen molar-refractivity contribution >= 4 is 35.9 Å². The molecule has 0 saturated carbocycles. The third-order valence-electron chi connectivity index (χ3n) is 3.64. The maximum atomic E-state index is 11.5. The minimum Gasteiger partial charge on any atom is -0.459 e. The Morgan fingerprint density at radius 3 is 2.85 bits per heavy atom. The minimum atomic E-state index is -0.488. The lowest BCUT2D eigenvalue weighted by Crippen LogP contribution is -2.30. The van der Waals surface area contributed by atoms with Crippen molar-refractivity contribution in [2.24, 2.45) is 4.99 Å². The van der Waals surface area contributed by atoms with Crippen LogP contribution in [0.25, 0.3) is 6.08 Å². The molecule has 8 nitrogen and oxygen atoms in total. The van der Waals surface area contributed by atoms with Crippen molar-refractivity contribution in [3.8, 4) is 0 Å². The van der Waals surface area contributed by atoms with Gasteiger partial charge in [0.05, 0.1) is 17.5 Å². The van der Waals surface area contributed by atoms with Crippen LogP contribution in [0.15, 0.2) is 45.6 Å². The van der Waals surface area contributed by atoms with E-state index in [1.54, 1.807) is 24.4 Å². The number of furan rings is 1. The van der Waals surface area contributed by atoms with Crippen molar-refractivity contribution in [2.45, 2.75) is 13.2 Å². The SMILES string of the molecule is Cl.O=[N+]([O-])/C(=C\c1ccc(CO)o1)C1=NCCN1Cc1ccc(Cl)nc1. The van der Waals surface area contributed by atoms with E-state index in [2.05, 4.69) is 9.98 Å². The van der Waals surface area contributed by atoms with Crippen LogP contribution in [0.5, 0.6) is 0 Å². The zero-order valence-corrected chi connectivity index (χ0v) is 15.1. The van der Waals surface area contributed by atoms with Gasteiger partial charge in [-0.25, -0.2) is 4.98 Å². The smallest absolute Gasteiger partial charge is 0.314 e. The molecule has 0 spiro atoms. The summed E-state index contributed by atoms with van der Waals surface area (Å²) in [6, 6.07) is 6.63. The Bertz CT molecular complexity index is 833. The van der Waals surface area contributed by atoms with E-state index in [1.807, 2.05) is 11.0 Å². The lowest BCUT2D eigenvalue weighted by atomic mass is 10.2. The van der Waals surface area contributed by atoms with Gasteiger partial charge in [-0.15, -0.1) is 12.4 Å². The number of rotatable bonds is 6. The number of halogens is 2. The number of nitrogens with zero attached hydrogens (tertiary/aromatic N) is 4. The molecule has 0 aliphatic carbocycles. The Kier molecular flexibility index (Phi) is 6.73. The van der Waals surface area contributed by atoms with E-state index in [9.17, 15) is 10.1 Å². The van der Waals surface area contributed by atoms with E-state index in [1.165, 1.54) is 6.08 Å². The van der Waals surface area contributed by atoms with Crippen molar-refractivity contribution < 1.29 is 14.4 Å². The lowest BCUT2D eigenvalue weighted by Gasteiger charge is -2.18. The first-order valence-electron chi connectivity index (χ1n) is 7.52. The third-order valence-corrected chi connectivity index (χ3v) is 3.86. The van der Waals surface area contributed by atoms with E-state index in [-0.39, 0.29) is 24.7 Å². The molecule has 2 aromatic rings. The fourth-order valence-electron chi connectivity index (χ4n) is 2.49. The minimum absolute atomic E-state index is 0. The molecular weight excluding hydrogens is 383 g/mol. The summed E-state index contributed by atoms with van der Waals surface area (Å²) in [7, 11) is 0. The normalized spacial score (nSPS) is 14.2. The zero-order chi connectivity index (χ0) is 17.8. The van der Waals surface area contributed by atoms with Crippen LogP contribution >= 0.6 is 24.0 Å². The summed E-state index contributed by atoms with van der Waals surface area (Å²) >= 11 is 5.78. The maximum Gasteiger partial charge on any atom is 0.314 e. The molecule has 26 heavy (non-hydrogen) atoms. The summed E-state index contributed by atoms with van der Waals surface area (Å²) in [6.07, 6.45) is 2.95. The number of aliphatic hydroxyl groups is 1. The van der Waals surface area contributed by atoms with Crippen molar-refractivity contribution in [3.63, 3.8) is 0 Å². The van der Waals surface area contributed by atoms with Gasteiger partial charge >= 0.3 is 5.70 Å². The molecule has 0 radical (unpaired) electrons. The molecule has 10 heteroatoms. The summed E-state index contributed by atoms with van der Waals surface area (Å²) in [5, 5.41) is 20.9. The largest absolute Gasteiger partial charge is 0.459 e. The molecule has 0 saturated heterocycles. The lowest BCUT2D eigenvalue weighted by molar-refractivity contribution is -0.414. The predicted molar refractivity (Wildman–Crippen MR) is 98.8 cm³/mol. The molecule has 0 aromatic carbocycles. The highest BCUT2D eigenvalue weighted by Gasteiger charge is 2.29. The Morgan fingerprint density at radius 2 is 2.23 bits per heavy atom. The van der Waals surface area contributed by atoms with Gasteiger partial charge in [-0.2, -0.15) is 0 Å². The van der Waals surface area contributed by atoms with Crippen LogP contribution in [-0.2, 0) is 13.2 Å². The molecule has 1 aliphatic heterocycles.